The minimum absolute atomic E-state index is 0.191. The molecule has 1 atom stereocenters. The lowest BCUT2D eigenvalue weighted by Crippen LogP contribution is -2.43. The molecule has 1 aromatic heterocycles. The van der Waals surface area contributed by atoms with E-state index in [1.54, 1.807) is 6.20 Å². The van der Waals surface area contributed by atoms with E-state index in [0.717, 1.165) is 16.5 Å². The van der Waals surface area contributed by atoms with Crippen LogP contribution in [0.5, 0.6) is 11.5 Å². The lowest BCUT2D eigenvalue weighted by Gasteiger charge is -2.17. The number of H-pyrrole nitrogens is 1. The summed E-state index contributed by atoms with van der Waals surface area (Å²) in [6.07, 6.45) is 1.96. The van der Waals surface area contributed by atoms with Gasteiger partial charge in [0.25, 0.3) is 5.91 Å². The number of aromatic amines is 1. The highest BCUT2D eigenvalue weighted by atomic mass is 16.5. The highest BCUT2D eigenvalue weighted by molar-refractivity contribution is 6.01. The molecule has 4 N–H and O–H groups in total. The number of fused-ring (bicyclic) bond motifs is 1. The van der Waals surface area contributed by atoms with Gasteiger partial charge < -0.3 is 25.3 Å². The number of benzene rings is 2. The summed E-state index contributed by atoms with van der Waals surface area (Å²) < 4.78 is 4.78. The van der Waals surface area contributed by atoms with Crippen molar-refractivity contribution in [2.24, 2.45) is 0 Å². The monoisotopic (exact) mass is 354 g/mol. The van der Waals surface area contributed by atoms with E-state index in [1.165, 1.54) is 25.3 Å². The second-order valence-corrected chi connectivity index (χ2v) is 5.78. The van der Waals surface area contributed by atoms with E-state index in [2.05, 4.69) is 10.3 Å². The number of phenols is 2. The predicted octanol–water partition coefficient (Wildman–Crippen LogP) is 2.09. The number of hydrogen-bond donors (Lipinski definition) is 4. The van der Waals surface area contributed by atoms with Crippen LogP contribution in [0.3, 0.4) is 0 Å². The Labute approximate surface area is 149 Å². The molecule has 26 heavy (non-hydrogen) atoms. The average Bonchev–Trinajstić information content (AvgIpc) is 3.03. The number of para-hydroxylation sites is 1. The third kappa shape index (κ3) is 3.32. The molecule has 1 amide bonds. The molecule has 3 aromatic rings. The van der Waals surface area contributed by atoms with Crippen molar-refractivity contribution < 1.29 is 24.5 Å². The molecule has 0 fully saturated rings. The first-order chi connectivity index (χ1) is 12.5. The first kappa shape index (κ1) is 17.3. The summed E-state index contributed by atoms with van der Waals surface area (Å²) in [5, 5.41) is 23.1. The maximum Gasteiger partial charge on any atom is 0.328 e. The van der Waals surface area contributed by atoms with Crippen molar-refractivity contribution in [1.29, 1.82) is 0 Å². The zero-order valence-electron chi connectivity index (χ0n) is 14.0. The first-order valence-electron chi connectivity index (χ1n) is 7.96. The summed E-state index contributed by atoms with van der Waals surface area (Å²) in [5.74, 6) is -2.15. The SMILES string of the molecule is COC(=O)[C@@H](Cc1c[nH]c2ccccc12)NC(=O)c1c(O)cccc1O. The molecule has 0 bridgehead atoms. The van der Waals surface area contributed by atoms with Crippen molar-refractivity contribution >= 4 is 22.8 Å². The van der Waals surface area contributed by atoms with Crippen LogP contribution in [0.4, 0.5) is 0 Å². The van der Waals surface area contributed by atoms with Gasteiger partial charge in [0.05, 0.1) is 7.11 Å². The minimum atomic E-state index is -0.981. The number of aromatic hydroxyl groups is 2. The van der Waals surface area contributed by atoms with Crippen molar-refractivity contribution in [3.63, 3.8) is 0 Å². The zero-order chi connectivity index (χ0) is 18.7. The highest BCUT2D eigenvalue weighted by Gasteiger charge is 2.26. The Hall–Kier alpha value is -3.48. The number of nitrogens with one attached hydrogen (secondary N) is 2. The van der Waals surface area contributed by atoms with Crippen molar-refractivity contribution in [2.75, 3.05) is 7.11 Å². The van der Waals surface area contributed by atoms with E-state index in [0.29, 0.717) is 0 Å². The number of methoxy groups -OCH3 is 1. The summed E-state index contributed by atoms with van der Waals surface area (Å²) in [7, 11) is 1.23. The Bertz CT molecular complexity index is 943. The molecule has 0 radical (unpaired) electrons. The molecule has 1 heterocycles. The number of amides is 1. The number of esters is 1. The molecule has 0 saturated heterocycles. The third-order valence-corrected chi connectivity index (χ3v) is 4.14. The Balaban J connectivity index is 1.87. The summed E-state index contributed by atoms with van der Waals surface area (Å²) in [6.45, 7) is 0. The van der Waals surface area contributed by atoms with Crippen molar-refractivity contribution in [1.82, 2.24) is 10.3 Å². The van der Waals surface area contributed by atoms with E-state index in [9.17, 15) is 19.8 Å². The molecule has 7 heteroatoms. The van der Waals surface area contributed by atoms with Crippen LogP contribution >= 0.6 is 0 Å². The molecule has 0 aliphatic heterocycles. The molecule has 2 aromatic carbocycles. The molecule has 0 spiro atoms. The number of rotatable bonds is 5. The molecule has 0 aliphatic rings. The van der Waals surface area contributed by atoms with Crippen molar-refractivity contribution in [3.05, 3.63) is 59.8 Å². The summed E-state index contributed by atoms with van der Waals surface area (Å²) in [5.41, 5.74) is 1.45. The van der Waals surface area contributed by atoms with Gasteiger partial charge in [-0.15, -0.1) is 0 Å². The van der Waals surface area contributed by atoms with Gasteiger partial charge in [0.1, 0.15) is 23.1 Å². The van der Waals surface area contributed by atoms with Crippen LogP contribution in [0.2, 0.25) is 0 Å². The van der Waals surface area contributed by atoms with Gasteiger partial charge in [-0.1, -0.05) is 24.3 Å². The maximum atomic E-state index is 12.5. The van der Waals surface area contributed by atoms with Crippen LogP contribution < -0.4 is 5.32 Å². The lowest BCUT2D eigenvalue weighted by atomic mass is 10.0. The average molecular weight is 354 g/mol. The molecular weight excluding hydrogens is 336 g/mol. The second kappa shape index (κ2) is 7.18. The van der Waals surface area contributed by atoms with Crippen LogP contribution in [0, 0.1) is 0 Å². The molecule has 3 rings (SSSR count). The standard InChI is InChI=1S/C19H18N2O5/c1-26-19(25)14(9-11-10-20-13-6-3-2-5-12(11)13)21-18(24)17-15(22)7-4-8-16(17)23/h2-8,10,14,20,22-23H,9H2,1H3,(H,21,24)/t14-/m1/s1. The number of aromatic nitrogens is 1. The van der Waals surface area contributed by atoms with Gasteiger partial charge in [-0.05, 0) is 23.8 Å². The van der Waals surface area contributed by atoms with E-state index in [-0.39, 0.29) is 23.5 Å². The molecule has 0 aliphatic carbocycles. The molecular formula is C19H18N2O5. The fraction of sp³-hybridized carbons (Fsp3) is 0.158. The van der Waals surface area contributed by atoms with Gasteiger partial charge in [0.2, 0.25) is 0 Å². The Morgan fingerprint density at radius 3 is 2.50 bits per heavy atom. The topological polar surface area (TPSA) is 112 Å². The molecule has 7 nitrogen and oxygen atoms in total. The summed E-state index contributed by atoms with van der Waals surface area (Å²) >= 11 is 0. The van der Waals surface area contributed by atoms with Crippen molar-refractivity contribution in [2.45, 2.75) is 12.5 Å². The van der Waals surface area contributed by atoms with Gasteiger partial charge in [0.15, 0.2) is 0 Å². The van der Waals surface area contributed by atoms with E-state index in [1.807, 2.05) is 24.3 Å². The van der Waals surface area contributed by atoms with Crippen LogP contribution in [-0.4, -0.2) is 40.2 Å². The van der Waals surface area contributed by atoms with Crippen LogP contribution in [-0.2, 0) is 16.0 Å². The largest absolute Gasteiger partial charge is 0.507 e. The van der Waals surface area contributed by atoms with Gasteiger partial charge in [-0.25, -0.2) is 4.79 Å². The number of carbonyl (C=O) groups excluding carboxylic acids is 2. The minimum Gasteiger partial charge on any atom is -0.507 e. The number of hydrogen-bond acceptors (Lipinski definition) is 5. The number of ether oxygens (including phenoxy) is 1. The van der Waals surface area contributed by atoms with E-state index >= 15 is 0 Å². The van der Waals surface area contributed by atoms with Gasteiger partial charge >= 0.3 is 5.97 Å². The van der Waals surface area contributed by atoms with Crippen LogP contribution in [0.25, 0.3) is 10.9 Å². The zero-order valence-corrected chi connectivity index (χ0v) is 14.0. The predicted molar refractivity (Wildman–Crippen MR) is 95.0 cm³/mol. The van der Waals surface area contributed by atoms with E-state index in [4.69, 9.17) is 4.74 Å². The third-order valence-electron chi connectivity index (χ3n) is 4.14. The lowest BCUT2D eigenvalue weighted by molar-refractivity contribution is -0.142. The van der Waals surface area contributed by atoms with Gasteiger partial charge in [-0.2, -0.15) is 0 Å². The quantitative estimate of drug-likeness (QED) is 0.524. The molecule has 0 saturated carbocycles. The van der Waals surface area contributed by atoms with Crippen LogP contribution in [0.15, 0.2) is 48.7 Å². The number of phenolic OH excluding ortho intramolecular Hbond substituents is 2. The summed E-state index contributed by atoms with van der Waals surface area (Å²) in [4.78, 5) is 27.7. The van der Waals surface area contributed by atoms with Crippen LogP contribution in [0.1, 0.15) is 15.9 Å². The fourth-order valence-electron chi connectivity index (χ4n) is 2.85. The second-order valence-electron chi connectivity index (χ2n) is 5.78. The van der Waals surface area contributed by atoms with Crippen molar-refractivity contribution in [3.8, 4) is 11.5 Å². The Morgan fingerprint density at radius 1 is 1.12 bits per heavy atom. The smallest absolute Gasteiger partial charge is 0.328 e. The first-order valence-corrected chi connectivity index (χ1v) is 7.96. The van der Waals surface area contributed by atoms with Gasteiger partial charge in [-0.3, -0.25) is 4.79 Å². The normalized spacial score (nSPS) is 11.9. The fourth-order valence-corrected chi connectivity index (χ4v) is 2.85. The summed E-state index contributed by atoms with van der Waals surface area (Å²) in [6, 6.07) is 10.6. The van der Waals surface area contributed by atoms with Gasteiger partial charge in [0, 0.05) is 23.5 Å². The molecule has 134 valence electrons. The Kier molecular flexibility index (Phi) is 4.79. The molecule has 0 unspecified atom stereocenters. The Morgan fingerprint density at radius 2 is 1.81 bits per heavy atom. The maximum absolute atomic E-state index is 12.5. The number of carbonyl (C=O) groups is 2. The van der Waals surface area contributed by atoms with E-state index < -0.39 is 17.9 Å². The highest BCUT2D eigenvalue weighted by Crippen LogP contribution is 2.26.